The van der Waals surface area contributed by atoms with E-state index in [0.29, 0.717) is 0 Å². The molecule has 3 aromatic rings. The highest BCUT2D eigenvalue weighted by Crippen LogP contribution is 2.32. The Morgan fingerprint density at radius 3 is 2.81 bits per heavy atom. The fraction of sp³-hybridized carbons (Fsp3) is 0.300. The summed E-state index contributed by atoms with van der Waals surface area (Å²) in [7, 11) is 0. The number of nitrogens with one attached hydrogen (secondary N) is 2. The first-order valence-electron chi connectivity index (χ1n) is 8.86. The lowest BCUT2D eigenvalue weighted by Gasteiger charge is -2.35. The molecule has 0 radical (unpaired) electrons. The highest BCUT2D eigenvalue weighted by atomic mass is 32.1. The van der Waals surface area contributed by atoms with Crippen molar-refractivity contribution in [1.82, 2.24) is 15.3 Å². The summed E-state index contributed by atoms with van der Waals surface area (Å²) in [4.78, 5) is 10.4. The molecule has 26 heavy (non-hydrogen) atoms. The molecule has 134 valence electrons. The van der Waals surface area contributed by atoms with Crippen LogP contribution in [0.5, 0.6) is 0 Å². The maximum atomic E-state index is 9.99. The number of rotatable bonds is 5. The Hall–Kier alpha value is -2.28. The number of aliphatic hydroxyl groups excluding tert-OH is 1. The van der Waals surface area contributed by atoms with Crippen molar-refractivity contribution in [3.63, 3.8) is 0 Å². The van der Waals surface area contributed by atoms with Gasteiger partial charge < -0.3 is 15.7 Å². The van der Waals surface area contributed by atoms with Gasteiger partial charge in [0.05, 0.1) is 17.2 Å². The predicted octanol–water partition coefficient (Wildman–Crippen LogP) is 3.56. The lowest BCUT2D eigenvalue weighted by molar-refractivity contribution is 0.159. The fourth-order valence-electron chi connectivity index (χ4n) is 3.38. The minimum Gasteiger partial charge on any atom is -0.395 e. The summed E-state index contributed by atoms with van der Waals surface area (Å²) >= 11 is 1.60. The van der Waals surface area contributed by atoms with Crippen molar-refractivity contribution >= 4 is 22.3 Å². The summed E-state index contributed by atoms with van der Waals surface area (Å²) in [6.07, 6.45) is 3.88. The van der Waals surface area contributed by atoms with Crippen LogP contribution in [0.15, 0.2) is 54.7 Å². The lowest BCUT2D eigenvalue weighted by Crippen LogP contribution is -2.46. The van der Waals surface area contributed by atoms with Gasteiger partial charge in [-0.3, -0.25) is 0 Å². The predicted molar refractivity (Wildman–Crippen MR) is 106 cm³/mol. The second kappa shape index (κ2) is 7.53. The molecule has 6 heteroatoms. The molecule has 0 amide bonds. The van der Waals surface area contributed by atoms with E-state index in [-0.39, 0.29) is 12.0 Å². The number of aliphatic hydroxyl groups is 1. The Bertz CT molecular complexity index is 859. The molecule has 0 spiro atoms. The first kappa shape index (κ1) is 17.1. The molecule has 3 heterocycles. The van der Waals surface area contributed by atoms with Gasteiger partial charge in [0.25, 0.3) is 0 Å². The van der Waals surface area contributed by atoms with E-state index in [0.717, 1.165) is 53.0 Å². The van der Waals surface area contributed by atoms with Crippen LogP contribution in [0, 0.1) is 0 Å². The molecule has 3 N–H and O–H groups in total. The van der Waals surface area contributed by atoms with Crippen LogP contribution >= 0.6 is 11.3 Å². The summed E-state index contributed by atoms with van der Waals surface area (Å²) in [6, 6.07) is 16.2. The third kappa shape index (κ3) is 3.49. The molecule has 2 aromatic heterocycles. The molecule has 1 atom stereocenters. The van der Waals surface area contributed by atoms with Crippen LogP contribution in [0.1, 0.15) is 18.5 Å². The molecule has 0 bridgehead atoms. The van der Waals surface area contributed by atoms with Crippen LogP contribution < -0.4 is 10.6 Å². The second-order valence-electron chi connectivity index (χ2n) is 6.65. The van der Waals surface area contributed by atoms with Gasteiger partial charge in [0, 0.05) is 18.2 Å². The van der Waals surface area contributed by atoms with Gasteiger partial charge in [-0.25, -0.2) is 9.97 Å². The molecule has 0 saturated carbocycles. The van der Waals surface area contributed by atoms with Gasteiger partial charge in [-0.15, -0.1) is 0 Å². The van der Waals surface area contributed by atoms with Crippen LogP contribution in [0.3, 0.4) is 0 Å². The normalized spacial score (nSPS) is 20.0. The van der Waals surface area contributed by atoms with Crippen LogP contribution in [0.2, 0.25) is 0 Å². The topological polar surface area (TPSA) is 70.1 Å². The molecule has 1 aliphatic heterocycles. The number of aromatic nitrogens is 2. The van der Waals surface area contributed by atoms with Crippen molar-refractivity contribution < 1.29 is 5.11 Å². The average molecular weight is 366 g/mol. The highest BCUT2D eigenvalue weighted by molar-refractivity contribution is 7.18. The van der Waals surface area contributed by atoms with E-state index in [4.69, 9.17) is 4.98 Å². The zero-order valence-electron chi connectivity index (χ0n) is 14.5. The summed E-state index contributed by atoms with van der Waals surface area (Å²) in [5.41, 5.74) is 1.79. The van der Waals surface area contributed by atoms with Gasteiger partial charge in [-0.05, 0) is 37.1 Å². The Balaban J connectivity index is 1.55. The Morgan fingerprint density at radius 1 is 1.15 bits per heavy atom. The van der Waals surface area contributed by atoms with E-state index in [2.05, 4.69) is 27.8 Å². The van der Waals surface area contributed by atoms with Gasteiger partial charge in [-0.1, -0.05) is 47.7 Å². The number of nitrogens with zero attached hydrogens (tertiary/aromatic N) is 2. The van der Waals surface area contributed by atoms with Gasteiger partial charge in [0.1, 0.15) is 5.82 Å². The molecule has 0 unspecified atom stereocenters. The maximum absolute atomic E-state index is 9.99. The Labute approximate surface area is 157 Å². The first-order valence-corrected chi connectivity index (χ1v) is 9.68. The molecule has 1 aromatic carbocycles. The van der Waals surface area contributed by atoms with Crippen LogP contribution in [-0.2, 0) is 5.41 Å². The molecular formula is C20H22N4OS. The maximum Gasteiger partial charge on any atom is 0.188 e. The largest absolute Gasteiger partial charge is 0.395 e. The van der Waals surface area contributed by atoms with E-state index in [9.17, 15) is 5.11 Å². The van der Waals surface area contributed by atoms with Crippen molar-refractivity contribution in [2.75, 3.05) is 25.0 Å². The van der Waals surface area contributed by atoms with Gasteiger partial charge in [0.15, 0.2) is 5.13 Å². The SMILES string of the molecule is OC[C@@]1(c2cccc(Nc3ncc(-c4ccccc4)s3)n2)CCCNC1. The van der Waals surface area contributed by atoms with Crippen molar-refractivity contribution in [2.24, 2.45) is 0 Å². The van der Waals surface area contributed by atoms with E-state index in [1.165, 1.54) is 0 Å². The Morgan fingerprint density at radius 2 is 2.04 bits per heavy atom. The van der Waals surface area contributed by atoms with Crippen molar-refractivity contribution in [1.29, 1.82) is 0 Å². The minimum atomic E-state index is -0.298. The third-order valence-corrected chi connectivity index (χ3v) is 5.83. The highest BCUT2D eigenvalue weighted by Gasteiger charge is 2.34. The molecule has 0 aliphatic carbocycles. The quantitative estimate of drug-likeness (QED) is 0.644. The number of anilines is 2. The first-order chi connectivity index (χ1) is 12.8. The summed E-state index contributed by atoms with van der Waals surface area (Å²) in [5.74, 6) is 0.759. The molecule has 5 nitrogen and oxygen atoms in total. The van der Waals surface area contributed by atoms with E-state index in [1.807, 2.05) is 42.6 Å². The number of hydrogen-bond acceptors (Lipinski definition) is 6. The number of benzene rings is 1. The molecule has 1 saturated heterocycles. The van der Waals surface area contributed by atoms with Crippen LogP contribution in [-0.4, -0.2) is 34.8 Å². The van der Waals surface area contributed by atoms with Crippen LogP contribution in [0.25, 0.3) is 10.4 Å². The summed E-state index contributed by atoms with van der Waals surface area (Å²) < 4.78 is 0. The fourth-order valence-corrected chi connectivity index (χ4v) is 4.21. The van der Waals surface area contributed by atoms with Crippen LogP contribution in [0.4, 0.5) is 10.9 Å². The number of pyridine rings is 1. The zero-order valence-corrected chi connectivity index (χ0v) is 15.3. The standard InChI is InChI=1S/C20H22N4OS/c25-14-20(10-5-11-21-13-20)17-8-4-9-18(23-17)24-19-22-12-16(26-19)15-6-2-1-3-7-15/h1-4,6-9,12,21,25H,5,10-11,13-14H2,(H,22,23,24)/t20-/m1/s1. The van der Waals surface area contributed by atoms with Crippen molar-refractivity contribution in [3.05, 3.63) is 60.4 Å². The number of hydrogen-bond donors (Lipinski definition) is 3. The lowest BCUT2D eigenvalue weighted by atomic mass is 9.78. The minimum absolute atomic E-state index is 0.103. The molecule has 1 fully saturated rings. The summed E-state index contributed by atoms with van der Waals surface area (Å²) in [5, 5.41) is 17.5. The molecule has 4 rings (SSSR count). The van der Waals surface area contributed by atoms with E-state index in [1.54, 1.807) is 11.3 Å². The molecular weight excluding hydrogens is 344 g/mol. The van der Waals surface area contributed by atoms with Gasteiger partial charge >= 0.3 is 0 Å². The smallest absolute Gasteiger partial charge is 0.188 e. The monoisotopic (exact) mass is 366 g/mol. The second-order valence-corrected chi connectivity index (χ2v) is 7.68. The van der Waals surface area contributed by atoms with Gasteiger partial charge in [-0.2, -0.15) is 0 Å². The Kier molecular flexibility index (Phi) is 4.97. The molecule has 1 aliphatic rings. The average Bonchev–Trinajstić information content (AvgIpc) is 3.18. The number of thiazole rings is 1. The van der Waals surface area contributed by atoms with Gasteiger partial charge in [0.2, 0.25) is 0 Å². The van der Waals surface area contributed by atoms with Crippen molar-refractivity contribution in [3.8, 4) is 10.4 Å². The van der Waals surface area contributed by atoms with Crippen molar-refractivity contribution in [2.45, 2.75) is 18.3 Å². The number of piperidine rings is 1. The van der Waals surface area contributed by atoms with E-state index >= 15 is 0 Å². The van der Waals surface area contributed by atoms with E-state index < -0.39 is 0 Å². The zero-order chi connectivity index (χ0) is 17.8. The summed E-state index contributed by atoms with van der Waals surface area (Å²) in [6.45, 7) is 1.86. The third-order valence-electron chi connectivity index (χ3n) is 4.87.